The molecule has 200 valence electrons. The Kier molecular flexibility index (Phi) is 8.16. The van der Waals surface area contributed by atoms with Gasteiger partial charge < -0.3 is 9.26 Å². The summed E-state index contributed by atoms with van der Waals surface area (Å²) in [6, 6.07) is 18.3. The lowest BCUT2D eigenvalue weighted by Crippen LogP contribution is -2.00. The van der Waals surface area contributed by atoms with Crippen LogP contribution in [0.25, 0.3) is 11.3 Å². The van der Waals surface area contributed by atoms with Gasteiger partial charge in [-0.2, -0.15) is 9.59 Å². The molecule has 8 heteroatoms. The van der Waals surface area contributed by atoms with E-state index in [-0.39, 0.29) is 6.15 Å². The van der Waals surface area contributed by atoms with Gasteiger partial charge in [0.2, 0.25) is 0 Å². The summed E-state index contributed by atoms with van der Waals surface area (Å²) in [5, 5.41) is 6.16. The van der Waals surface area contributed by atoms with E-state index in [0.29, 0.717) is 51.4 Å². The van der Waals surface area contributed by atoms with E-state index in [1.807, 2.05) is 18.2 Å². The molecule has 1 aromatic heterocycles. The third-order valence-corrected chi connectivity index (χ3v) is 8.14. The molecule has 0 amide bonds. The lowest BCUT2D eigenvalue weighted by Gasteiger charge is -2.11. The van der Waals surface area contributed by atoms with Crippen LogP contribution in [0.1, 0.15) is 70.6 Å². The van der Waals surface area contributed by atoms with Crippen LogP contribution >= 0.6 is 34.8 Å². The van der Waals surface area contributed by atoms with Crippen LogP contribution in [0.2, 0.25) is 15.1 Å². The topological polar surface area (TPSA) is 69.4 Å². The molecule has 0 radical (unpaired) electrons. The van der Waals surface area contributed by atoms with Crippen LogP contribution in [-0.4, -0.2) is 11.3 Å². The molecule has 0 spiro atoms. The van der Waals surface area contributed by atoms with Crippen molar-refractivity contribution < 1.29 is 18.8 Å². The number of ether oxygens (including phenoxy) is 1. The molecule has 2 fully saturated rings. The summed E-state index contributed by atoms with van der Waals surface area (Å²) in [4.78, 5) is 16.2. The van der Waals surface area contributed by atoms with Gasteiger partial charge in [-0.15, -0.1) is 0 Å². The molecule has 39 heavy (non-hydrogen) atoms. The SMILES string of the molecule is Cc1cc(C)cc(C2CC2c2ccc(OCc3c(-c4c(Cl)cccc4Cl)noc3C3CC3)cc2Cl)c1.O=C=O. The molecule has 1 heterocycles. The number of nitrogens with zero attached hydrogens (tertiary/aromatic N) is 1. The van der Waals surface area contributed by atoms with Crippen LogP contribution in [0.4, 0.5) is 0 Å². The third-order valence-electron chi connectivity index (χ3n) is 7.18. The molecule has 5 nitrogen and oxygen atoms in total. The second-order valence-electron chi connectivity index (χ2n) is 10.2. The number of halogens is 3. The first kappa shape index (κ1) is 27.5. The fourth-order valence-corrected chi connectivity index (χ4v) is 6.12. The zero-order valence-corrected chi connectivity index (χ0v) is 23.7. The van der Waals surface area contributed by atoms with E-state index in [9.17, 15) is 0 Å². The standard InChI is InChI=1S/C30H26Cl3NO2.CO2/c1-16-10-17(2)12-19(11-16)22-14-23(22)21-9-8-20(13-27(21)33)35-15-24-29(34-36-30(24)18-6-7-18)28-25(31)4-3-5-26(28)32;2-1-3/h3-5,8-13,18,22-23H,6-7,14-15H2,1-2H3;. The minimum absolute atomic E-state index is 0.250. The van der Waals surface area contributed by atoms with Crippen LogP contribution in [0.3, 0.4) is 0 Å². The number of carbonyl (C=O) groups excluding carboxylic acids is 2. The largest absolute Gasteiger partial charge is 0.489 e. The number of aryl methyl sites for hydroxylation is 2. The molecule has 2 atom stereocenters. The number of benzene rings is 3. The van der Waals surface area contributed by atoms with Gasteiger partial charge in [-0.25, -0.2) is 0 Å². The van der Waals surface area contributed by atoms with Gasteiger partial charge in [-0.3, -0.25) is 0 Å². The molecule has 2 aliphatic carbocycles. The van der Waals surface area contributed by atoms with Crippen LogP contribution in [0.15, 0.2) is 59.1 Å². The molecule has 0 bridgehead atoms. The smallest absolute Gasteiger partial charge is 0.373 e. The number of hydrogen-bond acceptors (Lipinski definition) is 5. The van der Waals surface area contributed by atoms with Crippen LogP contribution < -0.4 is 4.74 Å². The first-order chi connectivity index (χ1) is 18.8. The van der Waals surface area contributed by atoms with Crippen molar-refractivity contribution in [1.82, 2.24) is 5.16 Å². The van der Waals surface area contributed by atoms with Crippen molar-refractivity contribution in [2.75, 3.05) is 0 Å². The van der Waals surface area contributed by atoms with Crippen molar-refractivity contribution in [3.63, 3.8) is 0 Å². The van der Waals surface area contributed by atoms with Crippen molar-refractivity contribution in [3.05, 3.63) is 103 Å². The Balaban J connectivity index is 0.000000983. The molecule has 0 N–H and O–H groups in total. The Morgan fingerprint density at radius 1 is 0.923 bits per heavy atom. The molecule has 4 aromatic rings. The minimum Gasteiger partial charge on any atom is -0.489 e. The summed E-state index contributed by atoms with van der Waals surface area (Å²) in [6.45, 7) is 4.61. The highest BCUT2D eigenvalue weighted by atomic mass is 35.5. The van der Waals surface area contributed by atoms with E-state index >= 15 is 0 Å². The highest BCUT2D eigenvalue weighted by molar-refractivity contribution is 6.39. The van der Waals surface area contributed by atoms with Gasteiger partial charge in [0.25, 0.3) is 0 Å². The number of hydrogen-bond donors (Lipinski definition) is 0. The maximum Gasteiger partial charge on any atom is 0.373 e. The molecule has 2 saturated carbocycles. The predicted octanol–water partition coefficient (Wildman–Crippen LogP) is 9.06. The van der Waals surface area contributed by atoms with Gasteiger partial charge in [-0.1, -0.05) is 81.4 Å². The average Bonchev–Trinajstić information content (AvgIpc) is 3.81. The van der Waals surface area contributed by atoms with E-state index in [1.165, 1.54) is 22.3 Å². The van der Waals surface area contributed by atoms with E-state index < -0.39 is 0 Å². The fourth-order valence-electron chi connectivity index (χ4n) is 5.23. The van der Waals surface area contributed by atoms with Gasteiger partial charge >= 0.3 is 6.15 Å². The second-order valence-corrected chi connectivity index (χ2v) is 11.4. The molecular formula is C31H26Cl3NO4. The monoisotopic (exact) mass is 581 g/mol. The van der Waals surface area contributed by atoms with Gasteiger partial charge in [-0.05, 0) is 80.3 Å². The molecule has 0 saturated heterocycles. The van der Waals surface area contributed by atoms with Crippen molar-refractivity contribution in [1.29, 1.82) is 0 Å². The first-order valence-electron chi connectivity index (χ1n) is 12.7. The van der Waals surface area contributed by atoms with E-state index in [4.69, 9.17) is 53.7 Å². The summed E-state index contributed by atoms with van der Waals surface area (Å²) < 4.78 is 12.0. The van der Waals surface area contributed by atoms with Crippen molar-refractivity contribution in [3.8, 4) is 17.0 Å². The fraction of sp³-hybridized carbons (Fsp3) is 0.290. The second kappa shape index (κ2) is 11.6. The number of rotatable bonds is 7. The third kappa shape index (κ3) is 6.08. The Bertz CT molecular complexity index is 1510. The van der Waals surface area contributed by atoms with Gasteiger partial charge in [0.05, 0.1) is 15.6 Å². The lowest BCUT2D eigenvalue weighted by atomic mass is 10.0. The Morgan fingerprint density at radius 3 is 2.21 bits per heavy atom. The predicted molar refractivity (Wildman–Crippen MR) is 151 cm³/mol. The molecular weight excluding hydrogens is 557 g/mol. The van der Waals surface area contributed by atoms with Gasteiger partial charge in [0, 0.05) is 16.5 Å². The molecule has 0 aliphatic heterocycles. The lowest BCUT2D eigenvalue weighted by molar-refractivity contribution is -0.191. The quantitative estimate of drug-likeness (QED) is 0.217. The van der Waals surface area contributed by atoms with Crippen LogP contribution in [-0.2, 0) is 16.2 Å². The van der Waals surface area contributed by atoms with Gasteiger partial charge in [0.15, 0.2) is 0 Å². The van der Waals surface area contributed by atoms with Crippen molar-refractivity contribution in [2.45, 2.75) is 57.5 Å². The van der Waals surface area contributed by atoms with Gasteiger partial charge in [0.1, 0.15) is 23.8 Å². The maximum absolute atomic E-state index is 8.12. The van der Waals surface area contributed by atoms with E-state index in [2.05, 4.69) is 43.3 Å². The molecule has 2 unspecified atom stereocenters. The normalized spacial score (nSPS) is 17.7. The minimum atomic E-state index is 0.250. The Morgan fingerprint density at radius 2 is 1.59 bits per heavy atom. The summed E-state index contributed by atoms with van der Waals surface area (Å²) in [5.41, 5.74) is 7.41. The molecule has 2 aliphatic rings. The highest BCUT2D eigenvalue weighted by Crippen LogP contribution is 2.56. The number of aromatic nitrogens is 1. The van der Waals surface area contributed by atoms with Crippen molar-refractivity contribution >= 4 is 41.0 Å². The van der Waals surface area contributed by atoms with E-state index in [0.717, 1.165) is 35.6 Å². The summed E-state index contributed by atoms with van der Waals surface area (Å²) in [6.07, 6.45) is 3.54. The highest BCUT2D eigenvalue weighted by Gasteiger charge is 2.41. The zero-order valence-electron chi connectivity index (χ0n) is 21.5. The van der Waals surface area contributed by atoms with Crippen molar-refractivity contribution in [2.24, 2.45) is 0 Å². The molecule has 3 aromatic carbocycles. The van der Waals surface area contributed by atoms with Crippen LogP contribution in [0, 0.1) is 13.8 Å². The summed E-state index contributed by atoms with van der Waals surface area (Å²) >= 11 is 19.7. The Hall–Kier alpha value is -3.08. The summed E-state index contributed by atoms with van der Waals surface area (Å²) in [7, 11) is 0. The first-order valence-corrected chi connectivity index (χ1v) is 13.9. The van der Waals surface area contributed by atoms with E-state index in [1.54, 1.807) is 12.1 Å². The van der Waals surface area contributed by atoms with Crippen LogP contribution in [0.5, 0.6) is 5.75 Å². The Labute approximate surface area is 242 Å². The maximum atomic E-state index is 8.12. The molecule has 6 rings (SSSR count). The zero-order chi connectivity index (χ0) is 27.7. The summed E-state index contributed by atoms with van der Waals surface area (Å²) in [5.74, 6) is 2.91. The average molecular weight is 583 g/mol.